The standard InChI is InChI=1S/C14H21NO5/c1-19-14(18)12(9-4-2-5-10(16)8-9)15-13(17)11-6-3-7-20-11/h9,11-12H,2-8H2,1H3,(H,15,17)/t9-,11-,12-/m0/s1. The molecule has 112 valence electrons. The molecular weight excluding hydrogens is 262 g/mol. The minimum Gasteiger partial charge on any atom is -0.467 e. The second kappa shape index (κ2) is 6.83. The third kappa shape index (κ3) is 3.56. The molecule has 1 heterocycles. The fraction of sp³-hybridized carbons (Fsp3) is 0.786. The van der Waals surface area contributed by atoms with Crippen LogP contribution in [0.1, 0.15) is 38.5 Å². The first kappa shape index (κ1) is 15.0. The van der Waals surface area contributed by atoms with Gasteiger partial charge in [0.2, 0.25) is 5.91 Å². The molecule has 0 aromatic heterocycles. The Labute approximate surface area is 118 Å². The fourth-order valence-electron chi connectivity index (χ4n) is 2.87. The normalized spacial score (nSPS) is 27.9. The van der Waals surface area contributed by atoms with E-state index in [-0.39, 0.29) is 17.6 Å². The van der Waals surface area contributed by atoms with Crippen LogP contribution in [0.4, 0.5) is 0 Å². The molecule has 1 aliphatic heterocycles. The van der Waals surface area contributed by atoms with Crippen LogP contribution in [-0.2, 0) is 23.9 Å². The first-order valence-corrected chi connectivity index (χ1v) is 7.13. The highest BCUT2D eigenvalue weighted by atomic mass is 16.5. The molecule has 6 nitrogen and oxygen atoms in total. The van der Waals surface area contributed by atoms with Gasteiger partial charge in [-0.2, -0.15) is 0 Å². The van der Waals surface area contributed by atoms with Crippen LogP contribution in [0.25, 0.3) is 0 Å². The first-order valence-electron chi connectivity index (χ1n) is 7.13. The Bertz CT molecular complexity index is 389. The summed E-state index contributed by atoms with van der Waals surface area (Å²) in [6.45, 7) is 0.572. The van der Waals surface area contributed by atoms with Gasteiger partial charge >= 0.3 is 5.97 Å². The number of rotatable bonds is 4. The summed E-state index contributed by atoms with van der Waals surface area (Å²) in [5, 5.41) is 2.71. The SMILES string of the molecule is COC(=O)[C@@H](NC(=O)[C@@H]1CCCO1)[C@H]1CCCC(=O)C1. The number of hydrogen-bond acceptors (Lipinski definition) is 5. The molecule has 0 bridgehead atoms. The number of hydrogen-bond donors (Lipinski definition) is 1. The van der Waals surface area contributed by atoms with Gasteiger partial charge in [-0.25, -0.2) is 4.79 Å². The highest BCUT2D eigenvalue weighted by molar-refractivity contribution is 5.88. The van der Waals surface area contributed by atoms with Crippen LogP contribution in [0.2, 0.25) is 0 Å². The Morgan fingerprint density at radius 1 is 1.35 bits per heavy atom. The molecule has 1 amide bonds. The van der Waals surface area contributed by atoms with Gasteiger partial charge in [0.1, 0.15) is 17.9 Å². The maximum absolute atomic E-state index is 12.1. The van der Waals surface area contributed by atoms with Crippen molar-refractivity contribution in [3.8, 4) is 0 Å². The highest BCUT2D eigenvalue weighted by Gasteiger charge is 2.36. The monoisotopic (exact) mass is 283 g/mol. The molecule has 0 aromatic carbocycles. The average Bonchev–Trinajstić information content (AvgIpc) is 2.98. The molecule has 0 unspecified atom stereocenters. The summed E-state index contributed by atoms with van der Waals surface area (Å²) in [7, 11) is 1.29. The number of Topliss-reactive ketones (excluding diaryl/α,β-unsaturated/α-hetero) is 1. The second-order valence-corrected chi connectivity index (χ2v) is 5.41. The van der Waals surface area contributed by atoms with Gasteiger partial charge in [-0.15, -0.1) is 0 Å². The minimum atomic E-state index is -0.749. The molecule has 1 saturated heterocycles. The predicted molar refractivity (Wildman–Crippen MR) is 69.9 cm³/mol. The zero-order valence-electron chi connectivity index (χ0n) is 11.7. The van der Waals surface area contributed by atoms with Gasteiger partial charge in [-0.1, -0.05) is 0 Å². The predicted octanol–water partition coefficient (Wildman–Crippen LogP) is 0.582. The molecule has 1 saturated carbocycles. The van der Waals surface area contributed by atoms with E-state index < -0.39 is 18.1 Å². The molecule has 2 rings (SSSR count). The van der Waals surface area contributed by atoms with Crippen molar-refractivity contribution in [2.24, 2.45) is 5.92 Å². The van der Waals surface area contributed by atoms with Crippen LogP contribution < -0.4 is 5.32 Å². The minimum absolute atomic E-state index is 0.140. The molecule has 2 fully saturated rings. The summed E-state index contributed by atoms with van der Waals surface area (Å²) >= 11 is 0. The van der Waals surface area contributed by atoms with Crippen molar-refractivity contribution in [1.29, 1.82) is 0 Å². The van der Waals surface area contributed by atoms with E-state index in [0.29, 0.717) is 25.9 Å². The Kier molecular flexibility index (Phi) is 5.11. The molecule has 1 N–H and O–H groups in total. The van der Waals surface area contributed by atoms with Crippen LogP contribution in [0.5, 0.6) is 0 Å². The first-order chi connectivity index (χ1) is 9.61. The number of methoxy groups -OCH3 is 1. The lowest BCUT2D eigenvalue weighted by Gasteiger charge is -2.29. The Morgan fingerprint density at radius 3 is 2.75 bits per heavy atom. The van der Waals surface area contributed by atoms with Crippen molar-refractivity contribution in [2.75, 3.05) is 13.7 Å². The molecule has 3 atom stereocenters. The van der Waals surface area contributed by atoms with Gasteiger partial charge in [0, 0.05) is 19.4 Å². The summed E-state index contributed by atoms with van der Waals surface area (Å²) in [6.07, 6.45) is 3.42. The average molecular weight is 283 g/mol. The van der Waals surface area contributed by atoms with Crippen LogP contribution >= 0.6 is 0 Å². The van der Waals surface area contributed by atoms with Gasteiger partial charge in [-0.3, -0.25) is 9.59 Å². The number of ketones is 1. The van der Waals surface area contributed by atoms with Crippen molar-refractivity contribution in [3.63, 3.8) is 0 Å². The highest BCUT2D eigenvalue weighted by Crippen LogP contribution is 2.25. The summed E-state index contributed by atoms with van der Waals surface area (Å²) in [4.78, 5) is 35.5. The van der Waals surface area contributed by atoms with Gasteiger partial charge < -0.3 is 14.8 Å². The van der Waals surface area contributed by atoms with Crippen molar-refractivity contribution >= 4 is 17.7 Å². The van der Waals surface area contributed by atoms with E-state index in [0.717, 1.165) is 19.3 Å². The van der Waals surface area contributed by atoms with Gasteiger partial charge in [-0.05, 0) is 31.6 Å². The van der Waals surface area contributed by atoms with E-state index in [1.54, 1.807) is 0 Å². The number of carbonyl (C=O) groups is 3. The lowest BCUT2D eigenvalue weighted by Crippen LogP contribution is -2.50. The van der Waals surface area contributed by atoms with E-state index in [9.17, 15) is 14.4 Å². The zero-order valence-corrected chi connectivity index (χ0v) is 11.7. The number of amides is 1. The summed E-state index contributed by atoms with van der Waals surface area (Å²) in [5.41, 5.74) is 0. The second-order valence-electron chi connectivity index (χ2n) is 5.41. The maximum atomic E-state index is 12.1. The van der Waals surface area contributed by atoms with Crippen LogP contribution in [0, 0.1) is 5.92 Å². The summed E-state index contributed by atoms with van der Waals surface area (Å²) < 4.78 is 10.1. The van der Waals surface area contributed by atoms with Crippen LogP contribution in [0.3, 0.4) is 0 Å². The zero-order chi connectivity index (χ0) is 14.5. The molecule has 20 heavy (non-hydrogen) atoms. The molecular formula is C14H21NO5. The molecule has 0 radical (unpaired) electrons. The molecule has 1 aliphatic carbocycles. The maximum Gasteiger partial charge on any atom is 0.328 e. The number of carbonyl (C=O) groups excluding carboxylic acids is 3. The van der Waals surface area contributed by atoms with Crippen molar-refractivity contribution in [3.05, 3.63) is 0 Å². The lowest BCUT2D eigenvalue weighted by atomic mass is 9.83. The van der Waals surface area contributed by atoms with E-state index >= 15 is 0 Å². The Hall–Kier alpha value is -1.43. The number of ether oxygens (including phenoxy) is 2. The third-order valence-corrected chi connectivity index (χ3v) is 3.97. The van der Waals surface area contributed by atoms with E-state index in [1.807, 2.05) is 0 Å². The van der Waals surface area contributed by atoms with E-state index in [1.165, 1.54) is 7.11 Å². The lowest BCUT2D eigenvalue weighted by molar-refractivity contribution is -0.149. The molecule has 2 aliphatic rings. The van der Waals surface area contributed by atoms with E-state index in [2.05, 4.69) is 5.32 Å². The third-order valence-electron chi connectivity index (χ3n) is 3.97. The number of nitrogens with one attached hydrogen (secondary N) is 1. The van der Waals surface area contributed by atoms with Crippen molar-refractivity contribution in [1.82, 2.24) is 5.32 Å². The van der Waals surface area contributed by atoms with Gasteiger partial charge in [0.05, 0.1) is 7.11 Å². The summed E-state index contributed by atoms with van der Waals surface area (Å²) in [5.74, 6) is -0.803. The quantitative estimate of drug-likeness (QED) is 0.763. The smallest absolute Gasteiger partial charge is 0.328 e. The topological polar surface area (TPSA) is 81.7 Å². The summed E-state index contributed by atoms with van der Waals surface area (Å²) in [6, 6.07) is -0.749. The Balaban J connectivity index is 2.01. The van der Waals surface area contributed by atoms with Gasteiger partial charge in [0.25, 0.3) is 0 Å². The van der Waals surface area contributed by atoms with Crippen LogP contribution in [0.15, 0.2) is 0 Å². The van der Waals surface area contributed by atoms with Gasteiger partial charge in [0.15, 0.2) is 0 Å². The van der Waals surface area contributed by atoms with Crippen molar-refractivity contribution < 1.29 is 23.9 Å². The molecule has 0 aromatic rings. The number of esters is 1. The fourth-order valence-corrected chi connectivity index (χ4v) is 2.87. The van der Waals surface area contributed by atoms with Crippen LogP contribution in [-0.4, -0.2) is 43.5 Å². The molecule has 6 heteroatoms. The van der Waals surface area contributed by atoms with E-state index in [4.69, 9.17) is 9.47 Å². The van der Waals surface area contributed by atoms with Crippen molar-refractivity contribution in [2.45, 2.75) is 50.7 Å². The Morgan fingerprint density at radius 2 is 2.15 bits per heavy atom. The molecule has 0 spiro atoms. The largest absolute Gasteiger partial charge is 0.467 e.